The van der Waals surface area contributed by atoms with Gasteiger partial charge in [-0.05, 0) is 25.8 Å². The molecule has 1 atom stereocenters. The fraction of sp³-hybridized carbons (Fsp3) is 0.429. The molecule has 1 N–H and O–H groups in total. The van der Waals surface area contributed by atoms with Crippen LogP contribution in [0.3, 0.4) is 0 Å². The Hall–Kier alpha value is -2.36. The number of amides is 3. The molecule has 0 aromatic heterocycles. The number of nitrogens with one attached hydrogen (secondary N) is 1. The van der Waals surface area contributed by atoms with Crippen LogP contribution in [0.1, 0.15) is 46.6 Å². The van der Waals surface area contributed by atoms with Gasteiger partial charge in [-0.25, -0.2) is 4.79 Å². The molecule has 0 spiro atoms. The molecule has 0 radical (unpaired) electrons. The van der Waals surface area contributed by atoms with Crippen molar-refractivity contribution in [2.24, 2.45) is 0 Å². The number of hydrogen-bond acceptors (Lipinski definition) is 2. The Bertz CT molecular complexity index is 635. The summed E-state index contributed by atoms with van der Waals surface area (Å²) < 4.78 is 0. The molecule has 1 heterocycles. The van der Waals surface area contributed by atoms with Gasteiger partial charge >= 0.3 is 6.03 Å². The molecule has 1 aliphatic rings. The van der Waals surface area contributed by atoms with Gasteiger partial charge in [-0.2, -0.15) is 0 Å². The van der Waals surface area contributed by atoms with Gasteiger partial charge in [-0.3, -0.25) is 9.69 Å². The second-order valence-corrected chi connectivity index (χ2v) is 6.17. The van der Waals surface area contributed by atoms with E-state index < -0.39 is 5.54 Å². The van der Waals surface area contributed by atoms with E-state index in [9.17, 15) is 9.59 Å². The first kappa shape index (κ1) is 20.7. The van der Waals surface area contributed by atoms with Crippen molar-refractivity contribution >= 4 is 11.9 Å². The van der Waals surface area contributed by atoms with Crippen LogP contribution in [0.5, 0.6) is 0 Å². The summed E-state index contributed by atoms with van der Waals surface area (Å²) in [6, 6.07) is 9.42. The molecular formula is C21H30N2O2. The quantitative estimate of drug-likeness (QED) is 0.612. The maximum atomic E-state index is 12.7. The molecular weight excluding hydrogens is 312 g/mol. The lowest BCUT2D eigenvalue weighted by atomic mass is 9.93. The van der Waals surface area contributed by atoms with Crippen LogP contribution >= 0.6 is 0 Å². The largest absolute Gasteiger partial charge is 0.325 e. The van der Waals surface area contributed by atoms with E-state index in [0.717, 1.165) is 17.6 Å². The highest BCUT2D eigenvalue weighted by molar-refractivity contribution is 6.07. The Morgan fingerprint density at radius 3 is 2.44 bits per heavy atom. The van der Waals surface area contributed by atoms with Crippen molar-refractivity contribution in [3.05, 3.63) is 59.7 Å². The number of nitrogens with zero attached hydrogens (tertiary/aromatic N) is 1. The van der Waals surface area contributed by atoms with Crippen LogP contribution in [0, 0.1) is 0 Å². The van der Waals surface area contributed by atoms with Crippen molar-refractivity contribution < 1.29 is 9.59 Å². The minimum absolute atomic E-state index is 0.168. The minimum atomic E-state index is -0.877. The predicted molar refractivity (Wildman–Crippen MR) is 103 cm³/mol. The molecule has 25 heavy (non-hydrogen) atoms. The van der Waals surface area contributed by atoms with Gasteiger partial charge in [0, 0.05) is 6.42 Å². The third-order valence-corrected chi connectivity index (χ3v) is 3.91. The Labute approximate surface area is 151 Å². The molecule has 4 heteroatoms. The average molecular weight is 342 g/mol. The second-order valence-electron chi connectivity index (χ2n) is 6.17. The first-order valence-corrected chi connectivity index (χ1v) is 8.96. The standard InChI is InChI=1S/C19H24N2O2.C2H6/c1-4-5-7-10-15(2)14-21-17(22)19(3,20-18(21)23)13-16-11-8-6-9-12-16;1-2/h5-12H,4,13-14H2,1-3H3,(H,20,23);1-2H3/b7-5-,15-10+;. The van der Waals surface area contributed by atoms with Crippen molar-refractivity contribution in [2.75, 3.05) is 6.54 Å². The van der Waals surface area contributed by atoms with Gasteiger partial charge in [0.15, 0.2) is 0 Å². The summed E-state index contributed by atoms with van der Waals surface area (Å²) in [5, 5.41) is 2.84. The predicted octanol–water partition coefficient (Wildman–Crippen LogP) is 4.48. The third kappa shape index (κ3) is 5.59. The number of urea groups is 1. The lowest BCUT2D eigenvalue weighted by Crippen LogP contribution is -2.46. The van der Waals surface area contributed by atoms with E-state index in [2.05, 4.69) is 12.2 Å². The second kappa shape index (κ2) is 9.82. The molecule has 0 aliphatic carbocycles. The molecule has 1 aromatic carbocycles. The van der Waals surface area contributed by atoms with Crippen molar-refractivity contribution in [3.63, 3.8) is 0 Å². The molecule has 0 saturated carbocycles. The number of hydrogen-bond donors (Lipinski definition) is 1. The SMILES string of the molecule is CC.CC/C=C\C=C(/C)CN1C(=O)NC(C)(Cc2ccccc2)C1=O. The maximum absolute atomic E-state index is 12.7. The summed E-state index contributed by atoms with van der Waals surface area (Å²) in [5.41, 5.74) is 1.13. The Balaban J connectivity index is 0.00000151. The summed E-state index contributed by atoms with van der Waals surface area (Å²) >= 11 is 0. The molecule has 1 saturated heterocycles. The molecule has 1 aromatic rings. The van der Waals surface area contributed by atoms with Gasteiger partial charge in [0.1, 0.15) is 5.54 Å². The molecule has 1 unspecified atom stereocenters. The zero-order chi connectivity index (χ0) is 18.9. The molecule has 3 amide bonds. The fourth-order valence-corrected chi connectivity index (χ4v) is 2.69. The van der Waals surface area contributed by atoms with Crippen LogP contribution in [0.25, 0.3) is 0 Å². The van der Waals surface area contributed by atoms with Crippen LogP contribution in [-0.2, 0) is 11.2 Å². The van der Waals surface area contributed by atoms with E-state index in [-0.39, 0.29) is 11.9 Å². The third-order valence-electron chi connectivity index (χ3n) is 3.91. The Morgan fingerprint density at radius 2 is 1.84 bits per heavy atom. The van der Waals surface area contributed by atoms with E-state index in [1.54, 1.807) is 6.92 Å². The summed E-state index contributed by atoms with van der Waals surface area (Å²) in [4.78, 5) is 26.2. The van der Waals surface area contributed by atoms with Crippen LogP contribution in [0.2, 0.25) is 0 Å². The maximum Gasteiger partial charge on any atom is 0.325 e. The number of benzene rings is 1. The molecule has 4 nitrogen and oxygen atoms in total. The van der Waals surface area contributed by atoms with E-state index in [1.807, 2.05) is 69.3 Å². The van der Waals surface area contributed by atoms with Gasteiger partial charge < -0.3 is 5.32 Å². The molecule has 2 rings (SSSR count). The van der Waals surface area contributed by atoms with Gasteiger partial charge in [0.05, 0.1) is 6.54 Å². The lowest BCUT2D eigenvalue weighted by Gasteiger charge is -2.21. The average Bonchev–Trinajstić information content (AvgIpc) is 2.81. The lowest BCUT2D eigenvalue weighted by molar-refractivity contribution is -0.130. The first-order chi connectivity index (χ1) is 12.0. The van der Waals surface area contributed by atoms with Crippen LogP contribution in [0.15, 0.2) is 54.1 Å². The highest BCUT2D eigenvalue weighted by Gasteiger charge is 2.47. The number of carbonyl (C=O) groups is 2. The van der Waals surface area contributed by atoms with Crippen molar-refractivity contribution in [1.82, 2.24) is 10.2 Å². The van der Waals surface area contributed by atoms with Gasteiger partial charge in [-0.1, -0.05) is 74.9 Å². The van der Waals surface area contributed by atoms with E-state index >= 15 is 0 Å². The van der Waals surface area contributed by atoms with Gasteiger partial charge in [0.25, 0.3) is 5.91 Å². The van der Waals surface area contributed by atoms with Crippen molar-refractivity contribution in [1.29, 1.82) is 0 Å². The molecule has 136 valence electrons. The first-order valence-electron chi connectivity index (χ1n) is 8.96. The summed E-state index contributed by atoms with van der Waals surface area (Å²) in [6.07, 6.45) is 7.39. The van der Waals surface area contributed by atoms with Gasteiger partial charge in [0.2, 0.25) is 0 Å². The molecule has 1 fully saturated rings. The van der Waals surface area contributed by atoms with Crippen LogP contribution in [0.4, 0.5) is 4.79 Å². The van der Waals surface area contributed by atoms with E-state index in [4.69, 9.17) is 0 Å². The zero-order valence-electron chi connectivity index (χ0n) is 16.0. The Kier molecular flexibility index (Phi) is 8.12. The Morgan fingerprint density at radius 1 is 1.20 bits per heavy atom. The van der Waals surface area contributed by atoms with E-state index in [0.29, 0.717) is 13.0 Å². The van der Waals surface area contributed by atoms with Crippen LogP contribution < -0.4 is 5.32 Å². The monoisotopic (exact) mass is 342 g/mol. The normalized spacial score (nSPS) is 20.5. The smallest absolute Gasteiger partial charge is 0.323 e. The number of rotatable bonds is 6. The molecule has 0 bridgehead atoms. The van der Waals surface area contributed by atoms with Crippen molar-refractivity contribution in [2.45, 2.75) is 53.0 Å². The highest BCUT2D eigenvalue weighted by Crippen LogP contribution is 2.23. The number of carbonyl (C=O) groups excluding carboxylic acids is 2. The number of allylic oxidation sites excluding steroid dienone is 3. The summed E-state index contributed by atoms with van der Waals surface area (Å²) in [6.45, 7) is 10.1. The van der Waals surface area contributed by atoms with Crippen molar-refractivity contribution in [3.8, 4) is 0 Å². The summed E-state index contributed by atoms with van der Waals surface area (Å²) in [7, 11) is 0. The topological polar surface area (TPSA) is 49.4 Å². The summed E-state index contributed by atoms with van der Waals surface area (Å²) in [5.74, 6) is -0.168. The zero-order valence-corrected chi connectivity index (χ0v) is 16.0. The van der Waals surface area contributed by atoms with Crippen LogP contribution in [-0.4, -0.2) is 28.9 Å². The fourth-order valence-electron chi connectivity index (χ4n) is 2.69. The van der Waals surface area contributed by atoms with Gasteiger partial charge in [-0.15, -0.1) is 0 Å². The highest BCUT2D eigenvalue weighted by atomic mass is 16.2. The minimum Gasteiger partial charge on any atom is -0.323 e. The van der Waals surface area contributed by atoms with E-state index in [1.165, 1.54) is 4.90 Å². The molecule has 1 aliphatic heterocycles. The number of imide groups is 1.